The van der Waals surface area contributed by atoms with Crippen molar-refractivity contribution in [2.45, 2.75) is 52.5 Å². The fraction of sp³-hybridized carbons (Fsp3) is 0.538. The second-order valence-corrected chi connectivity index (χ2v) is 10.3. The molecule has 1 aromatic heterocycles. The highest BCUT2D eigenvalue weighted by atomic mass is 19.1. The van der Waals surface area contributed by atoms with Gasteiger partial charge < -0.3 is 19.7 Å². The number of hydrogen-bond donors (Lipinski definition) is 1. The molecule has 0 aliphatic carbocycles. The van der Waals surface area contributed by atoms with Gasteiger partial charge in [0.1, 0.15) is 24.7 Å². The Morgan fingerprint density at radius 3 is 2.54 bits per heavy atom. The standard InChI is InChI=1S/C26H35FN6O4/c1-18(29-23-28-15-21-17-36-25(35)33(10-9-27)22(21)30-23)20-7-5-19(6-8-20)16-31-11-13-32(14-12-31)24(34)37-26(2,3)4/h5-8,15,18H,9-14,16-17H2,1-4H3,(H,28,29,30)/t18-/m0/s1. The van der Waals surface area contributed by atoms with Crippen molar-refractivity contribution in [2.75, 3.05) is 49.6 Å². The van der Waals surface area contributed by atoms with Gasteiger partial charge in [0, 0.05) is 38.9 Å². The molecule has 200 valence electrons. The zero-order chi connectivity index (χ0) is 26.6. The second kappa shape index (κ2) is 11.3. The summed E-state index contributed by atoms with van der Waals surface area (Å²) in [6.45, 7) is 10.6. The molecular formula is C26H35FN6O4. The normalized spacial score (nSPS) is 17.2. The molecule has 2 aliphatic heterocycles. The third-order valence-electron chi connectivity index (χ3n) is 6.23. The molecule has 1 fully saturated rings. The topological polar surface area (TPSA) is 100 Å². The number of benzene rings is 1. The summed E-state index contributed by atoms with van der Waals surface area (Å²) in [5, 5.41) is 3.26. The van der Waals surface area contributed by atoms with Crippen LogP contribution in [0, 0.1) is 0 Å². The summed E-state index contributed by atoms with van der Waals surface area (Å²) in [6, 6.07) is 8.24. The van der Waals surface area contributed by atoms with Crippen molar-refractivity contribution < 1.29 is 23.5 Å². The Morgan fingerprint density at radius 2 is 1.89 bits per heavy atom. The molecule has 4 rings (SSSR count). The minimum absolute atomic E-state index is 0.0737. The molecule has 0 spiro atoms. The molecule has 2 aromatic rings. The van der Waals surface area contributed by atoms with Gasteiger partial charge in [-0.25, -0.2) is 19.0 Å². The van der Waals surface area contributed by atoms with Crippen LogP contribution in [0.1, 0.15) is 50.4 Å². The van der Waals surface area contributed by atoms with E-state index in [0.29, 0.717) is 30.4 Å². The summed E-state index contributed by atoms with van der Waals surface area (Å²) in [5.41, 5.74) is 2.40. The number of ether oxygens (including phenoxy) is 2. The summed E-state index contributed by atoms with van der Waals surface area (Å²) in [7, 11) is 0. The molecule has 1 N–H and O–H groups in total. The Morgan fingerprint density at radius 1 is 1.19 bits per heavy atom. The molecule has 0 radical (unpaired) electrons. The predicted octanol–water partition coefficient (Wildman–Crippen LogP) is 4.13. The summed E-state index contributed by atoms with van der Waals surface area (Å²) >= 11 is 0. The van der Waals surface area contributed by atoms with E-state index in [1.54, 1.807) is 11.1 Å². The number of anilines is 2. The van der Waals surface area contributed by atoms with Gasteiger partial charge in [0.05, 0.1) is 18.2 Å². The van der Waals surface area contributed by atoms with E-state index in [1.807, 2.05) is 27.7 Å². The molecular weight excluding hydrogens is 479 g/mol. The first-order chi connectivity index (χ1) is 17.6. The Hall–Kier alpha value is -3.47. The molecule has 11 heteroatoms. The number of halogens is 1. The Labute approximate surface area is 216 Å². The van der Waals surface area contributed by atoms with E-state index < -0.39 is 18.4 Å². The lowest BCUT2D eigenvalue weighted by molar-refractivity contribution is 0.0139. The van der Waals surface area contributed by atoms with Crippen LogP contribution in [-0.2, 0) is 22.6 Å². The second-order valence-electron chi connectivity index (χ2n) is 10.3. The van der Waals surface area contributed by atoms with E-state index in [9.17, 15) is 14.0 Å². The molecule has 0 unspecified atom stereocenters. The molecule has 37 heavy (non-hydrogen) atoms. The molecule has 3 heterocycles. The fourth-order valence-electron chi connectivity index (χ4n) is 4.25. The highest BCUT2D eigenvalue weighted by molar-refractivity contribution is 5.89. The summed E-state index contributed by atoms with van der Waals surface area (Å²) in [6.07, 6.45) is 0.737. The number of carbonyl (C=O) groups is 2. The lowest BCUT2D eigenvalue weighted by Crippen LogP contribution is -2.49. The lowest BCUT2D eigenvalue weighted by atomic mass is 10.1. The Balaban J connectivity index is 1.31. The largest absolute Gasteiger partial charge is 0.444 e. The molecule has 1 atom stereocenters. The maximum atomic E-state index is 12.9. The van der Waals surface area contributed by atoms with Gasteiger partial charge in [0.2, 0.25) is 5.95 Å². The van der Waals surface area contributed by atoms with E-state index in [-0.39, 0.29) is 25.3 Å². The number of amides is 2. The zero-order valence-corrected chi connectivity index (χ0v) is 21.9. The van der Waals surface area contributed by atoms with Crippen LogP contribution in [0.5, 0.6) is 0 Å². The van der Waals surface area contributed by atoms with E-state index in [0.717, 1.165) is 25.2 Å². The van der Waals surface area contributed by atoms with Crippen LogP contribution >= 0.6 is 0 Å². The summed E-state index contributed by atoms with van der Waals surface area (Å²) in [5.74, 6) is 0.734. The maximum absolute atomic E-state index is 12.9. The fourth-order valence-corrected chi connectivity index (χ4v) is 4.25. The van der Waals surface area contributed by atoms with Gasteiger partial charge in [-0.05, 0) is 38.8 Å². The van der Waals surface area contributed by atoms with Gasteiger partial charge in [0.15, 0.2) is 0 Å². The molecule has 0 saturated carbocycles. The minimum Gasteiger partial charge on any atom is -0.444 e. The van der Waals surface area contributed by atoms with Crippen LogP contribution in [0.4, 0.5) is 25.7 Å². The van der Waals surface area contributed by atoms with Crippen LogP contribution in [-0.4, -0.2) is 77.0 Å². The van der Waals surface area contributed by atoms with Gasteiger partial charge in [-0.15, -0.1) is 0 Å². The van der Waals surface area contributed by atoms with Crippen molar-refractivity contribution in [1.29, 1.82) is 0 Å². The highest BCUT2D eigenvalue weighted by Gasteiger charge is 2.28. The number of nitrogens with zero attached hydrogens (tertiary/aromatic N) is 5. The van der Waals surface area contributed by atoms with E-state index in [1.165, 1.54) is 10.5 Å². The number of carbonyl (C=O) groups excluding carboxylic acids is 2. The van der Waals surface area contributed by atoms with E-state index >= 15 is 0 Å². The van der Waals surface area contributed by atoms with Crippen LogP contribution in [0.2, 0.25) is 0 Å². The summed E-state index contributed by atoms with van der Waals surface area (Å²) in [4.78, 5) is 38.3. The van der Waals surface area contributed by atoms with Gasteiger partial charge in [-0.2, -0.15) is 4.98 Å². The number of alkyl halides is 1. The van der Waals surface area contributed by atoms with Crippen LogP contribution in [0.3, 0.4) is 0 Å². The molecule has 10 nitrogen and oxygen atoms in total. The first-order valence-corrected chi connectivity index (χ1v) is 12.5. The molecule has 1 saturated heterocycles. The number of cyclic esters (lactones) is 1. The first kappa shape index (κ1) is 26.6. The van der Waals surface area contributed by atoms with Crippen molar-refractivity contribution in [2.24, 2.45) is 0 Å². The molecule has 2 aliphatic rings. The van der Waals surface area contributed by atoms with Crippen LogP contribution < -0.4 is 10.2 Å². The molecule has 2 amide bonds. The number of hydrogen-bond acceptors (Lipinski definition) is 8. The Bertz CT molecular complexity index is 1100. The lowest BCUT2D eigenvalue weighted by Gasteiger charge is -2.35. The van der Waals surface area contributed by atoms with Crippen molar-refractivity contribution >= 4 is 24.0 Å². The Kier molecular flexibility index (Phi) is 8.11. The quantitative estimate of drug-likeness (QED) is 0.589. The van der Waals surface area contributed by atoms with Crippen LogP contribution in [0.15, 0.2) is 30.5 Å². The summed E-state index contributed by atoms with van der Waals surface area (Å²) < 4.78 is 23.5. The monoisotopic (exact) mass is 514 g/mol. The molecule has 1 aromatic carbocycles. The average molecular weight is 515 g/mol. The van der Waals surface area contributed by atoms with Gasteiger partial charge in [-0.1, -0.05) is 24.3 Å². The minimum atomic E-state index is -0.691. The first-order valence-electron chi connectivity index (χ1n) is 12.5. The van der Waals surface area contributed by atoms with Gasteiger partial charge in [-0.3, -0.25) is 9.80 Å². The van der Waals surface area contributed by atoms with Crippen molar-refractivity contribution in [3.63, 3.8) is 0 Å². The predicted molar refractivity (Wildman–Crippen MR) is 137 cm³/mol. The SMILES string of the molecule is C[C@H](Nc1ncc2c(n1)N(CCF)C(=O)OC2)c1ccc(CN2CCN(C(=O)OC(C)(C)C)CC2)cc1. The average Bonchev–Trinajstić information content (AvgIpc) is 2.86. The third kappa shape index (κ3) is 6.85. The smallest absolute Gasteiger partial charge is 0.415 e. The number of aromatic nitrogens is 2. The van der Waals surface area contributed by atoms with Gasteiger partial charge in [0.25, 0.3) is 0 Å². The highest BCUT2D eigenvalue weighted by Crippen LogP contribution is 2.27. The van der Waals surface area contributed by atoms with Crippen LogP contribution in [0.25, 0.3) is 0 Å². The number of nitrogens with one attached hydrogen (secondary N) is 1. The molecule has 0 bridgehead atoms. The number of fused-ring (bicyclic) bond motifs is 1. The maximum Gasteiger partial charge on any atom is 0.415 e. The zero-order valence-electron chi connectivity index (χ0n) is 21.9. The van der Waals surface area contributed by atoms with Crippen molar-refractivity contribution in [1.82, 2.24) is 19.8 Å². The van der Waals surface area contributed by atoms with Crippen molar-refractivity contribution in [3.8, 4) is 0 Å². The van der Waals surface area contributed by atoms with Crippen molar-refractivity contribution in [3.05, 3.63) is 47.2 Å². The number of rotatable bonds is 7. The third-order valence-corrected chi connectivity index (χ3v) is 6.23. The van der Waals surface area contributed by atoms with E-state index in [4.69, 9.17) is 9.47 Å². The number of piperazine rings is 1. The van der Waals surface area contributed by atoms with E-state index in [2.05, 4.69) is 44.5 Å². The van der Waals surface area contributed by atoms with Gasteiger partial charge >= 0.3 is 12.2 Å².